The number of aliphatic imine (C=N–C) groups is 1. The van der Waals surface area contributed by atoms with Crippen molar-refractivity contribution in [2.24, 2.45) is 10.9 Å². The highest BCUT2D eigenvalue weighted by atomic mass is 127. The van der Waals surface area contributed by atoms with Crippen molar-refractivity contribution in [3.05, 3.63) is 23.8 Å². The summed E-state index contributed by atoms with van der Waals surface area (Å²) in [5.41, 5.74) is 1.23. The molecule has 1 aliphatic heterocycles. The minimum Gasteiger partial charge on any atom is -0.490 e. The van der Waals surface area contributed by atoms with Gasteiger partial charge in [-0.2, -0.15) is 0 Å². The van der Waals surface area contributed by atoms with Crippen molar-refractivity contribution in [1.82, 2.24) is 15.5 Å². The van der Waals surface area contributed by atoms with E-state index in [1.807, 2.05) is 19.9 Å². The first-order valence-electron chi connectivity index (χ1n) is 10.7. The highest BCUT2D eigenvalue weighted by molar-refractivity contribution is 14.0. The molecule has 29 heavy (non-hydrogen) atoms. The van der Waals surface area contributed by atoms with Gasteiger partial charge >= 0.3 is 0 Å². The first-order valence-corrected chi connectivity index (χ1v) is 10.7. The summed E-state index contributed by atoms with van der Waals surface area (Å²) in [6, 6.07) is 6.19. The van der Waals surface area contributed by atoms with Crippen LogP contribution in [0.15, 0.2) is 23.2 Å². The second-order valence-corrected chi connectivity index (χ2v) is 7.31. The lowest BCUT2D eigenvalue weighted by atomic mass is 9.99. The minimum atomic E-state index is 0. The van der Waals surface area contributed by atoms with E-state index >= 15 is 0 Å². The Morgan fingerprint density at radius 2 is 1.90 bits per heavy atom. The number of likely N-dealkylation sites (tertiary alicyclic amines) is 1. The Hall–Kier alpha value is -1.22. The molecule has 0 radical (unpaired) electrons. The molecule has 7 heteroatoms. The lowest BCUT2D eigenvalue weighted by Gasteiger charge is -2.28. The van der Waals surface area contributed by atoms with Crippen LogP contribution in [0.3, 0.4) is 0 Å². The predicted octanol–water partition coefficient (Wildman–Crippen LogP) is 3.54. The van der Waals surface area contributed by atoms with Gasteiger partial charge in [0.05, 0.1) is 13.2 Å². The van der Waals surface area contributed by atoms with Gasteiger partial charge in [0.15, 0.2) is 17.5 Å². The van der Waals surface area contributed by atoms with Crippen molar-refractivity contribution in [2.75, 3.05) is 53.0 Å². The van der Waals surface area contributed by atoms with Gasteiger partial charge in [0.25, 0.3) is 0 Å². The number of ether oxygens (including phenoxy) is 2. The van der Waals surface area contributed by atoms with E-state index in [1.165, 1.54) is 24.9 Å². The monoisotopic (exact) mass is 518 g/mol. The molecule has 0 aromatic heterocycles. The fraction of sp³-hybridized carbons (Fsp3) is 0.682. The number of piperidine rings is 1. The Labute approximate surface area is 193 Å². The third kappa shape index (κ3) is 9.42. The van der Waals surface area contributed by atoms with Gasteiger partial charge in [-0.05, 0) is 77.2 Å². The molecule has 0 spiro atoms. The molecule has 0 bridgehead atoms. The maximum Gasteiger partial charge on any atom is 0.191 e. The van der Waals surface area contributed by atoms with Crippen LogP contribution in [0, 0.1) is 5.92 Å². The van der Waals surface area contributed by atoms with E-state index in [4.69, 9.17) is 14.5 Å². The number of hydrogen-bond acceptors (Lipinski definition) is 4. The first kappa shape index (κ1) is 25.8. The highest BCUT2D eigenvalue weighted by Crippen LogP contribution is 2.28. The maximum atomic E-state index is 5.73. The minimum absolute atomic E-state index is 0. The van der Waals surface area contributed by atoms with Gasteiger partial charge in [0.1, 0.15) is 0 Å². The van der Waals surface area contributed by atoms with Gasteiger partial charge in [-0.25, -0.2) is 0 Å². The van der Waals surface area contributed by atoms with Crippen LogP contribution in [0.1, 0.15) is 39.2 Å². The summed E-state index contributed by atoms with van der Waals surface area (Å²) in [6.07, 6.45) is 3.46. The Bertz CT molecular complexity index is 612. The van der Waals surface area contributed by atoms with Crippen molar-refractivity contribution in [2.45, 2.75) is 40.0 Å². The summed E-state index contributed by atoms with van der Waals surface area (Å²) in [5.74, 6) is 3.21. The molecule has 166 valence electrons. The summed E-state index contributed by atoms with van der Waals surface area (Å²) >= 11 is 0. The number of hydrogen-bond donors (Lipinski definition) is 2. The number of benzene rings is 1. The average molecular weight is 518 g/mol. The summed E-state index contributed by atoms with van der Waals surface area (Å²) in [6.45, 7) is 12.3. The van der Waals surface area contributed by atoms with Crippen LogP contribution in [-0.4, -0.2) is 63.8 Å². The number of rotatable bonds is 10. The molecule has 1 fully saturated rings. The SMILES string of the molecule is CCNC(=NCC1CCCN(C)C1)NCCc1ccc(OCC)c(OCC)c1.I. The molecule has 1 saturated heterocycles. The molecular formula is C22H39IN4O2. The van der Waals surface area contributed by atoms with Crippen LogP contribution in [-0.2, 0) is 6.42 Å². The van der Waals surface area contributed by atoms with Crippen molar-refractivity contribution in [3.63, 3.8) is 0 Å². The zero-order valence-corrected chi connectivity index (χ0v) is 20.8. The Balaban J connectivity index is 0.00000420. The lowest BCUT2D eigenvalue weighted by molar-refractivity contribution is 0.214. The van der Waals surface area contributed by atoms with Crippen LogP contribution >= 0.6 is 24.0 Å². The molecule has 1 unspecified atom stereocenters. The number of nitrogens with zero attached hydrogens (tertiary/aromatic N) is 2. The molecule has 1 aromatic carbocycles. The second kappa shape index (κ2) is 14.7. The van der Waals surface area contributed by atoms with Gasteiger partial charge in [-0.15, -0.1) is 24.0 Å². The largest absolute Gasteiger partial charge is 0.490 e. The van der Waals surface area contributed by atoms with E-state index in [0.717, 1.165) is 50.1 Å². The molecule has 0 saturated carbocycles. The Kier molecular flexibility index (Phi) is 13.1. The van der Waals surface area contributed by atoms with E-state index in [0.29, 0.717) is 19.1 Å². The van der Waals surface area contributed by atoms with Gasteiger partial charge in [0.2, 0.25) is 0 Å². The quantitative estimate of drug-likeness (QED) is 0.282. The van der Waals surface area contributed by atoms with Crippen molar-refractivity contribution < 1.29 is 9.47 Å². The molecule has 1 atom stereocenters. The van der Waals surface area contributed by atoms with Crippen LogP contribution in [0.5, 0.6) is 11.5 Å². The average Bonchev–Trinajstić information content (AvgIpc) is 2.68. The van der Waals surface area contributed by atoms with Crippen molar-refractivity contribution in [1.29, 1.82) is 0 Å². The molecular weight excluding hydrogens is 479 g/mol. The van der Waals surface area contributed by atoms with Crippen LogP contribution in [0.2, 0.25) is 0 Å². The second-order valence-electron chi connectivity index (χ2n) is 7.31. The first-order chi connectivity index (χ1) is 13.7. The van der Waals surface area contributed by atoms with Crippen LogP contribution in [0.25, 0.3) is 0 Å². The fourth-order valence-electron chi connectivity index (χ4n) is 3.56. The zero-order valence-electron chi connectivity index (χ0n) is 18.5. The number of nitrogens with one attached hydrogen (secondary N) is 2. The molecule has 1 heterocycles. The van der Waals surface area contributed by atoms with E-state index in [2.05, 4.69) is 41.6 Å². The molecule has 6 nitrogen and oxygen atoms in total. The highest BCUT2D eigenvalue weighted by Gasteiger charge is 2.16. The van der Waals surface area contributed by atoms with Crippen molar-refractivity contribution in [3.8, 4) is 11.5 Å². The van der Waals surface area contributed by atoms with Crippen molar-refractivity contribution >= 4 is 29.9 Å². The van der Waals surface area contributed by atoms with Crippen LogP contribution in [0.4, 0.5) is 0 Å². The zero-order chi connectivity index (χ0) is 20.2. The lowest BCUT2D eigenvalue weighted by Crippen LogP contribution is -2.39. The third-order valence-corrected chi connectivity index (χ3v) is 4.89. The molecule has 1 aliphatic rings. The standard InChI is InChI=1S/C22H38N4O2.HI/c1-5-23-22(25-16-19-9-8-14-26(4)17-19)24-13-12-18-10-11-20(27-6-2)21(15-18)28-7-3;/h10-11,15,19H,5-9,12-14,16-17H2,1-4H3,(H2,23,24,25);1H. The molecule has 0 aliphatic carbocycles. The predicted molar refractivity (Wildman–Crippen MR) is 132 cm³/mol. The molecule has 2 rings (SSSR count). The van der Waals surface area contributed by atoms with Gasteiger partial charge in [0, 0.05) is 26.2 Å². The van der Waals surface area contributed by atoms with E-state index in [9.17, 15) is 0 Å². The molecule has 2 N–H and O–H groups in total. The summed E-state index contributed by atoms with van der Waals surface area (Å²) < 4.78 is 11.4. The smallest absolute Gasteiger partial charge is 0.191 e. The Morgan fingerprint density at radius 3 is 2.59 bits per heavy atom. The number of halogens is 1. The maximum absolute atomic E-state index is 5.73. The summed E-state index contributed by atoms with van der Waals surface area (Å²) in [7, 11) is 2.20. The molecule has 1 aromatic rings. The number of guanidine groups is 1. The van der Waals surface area contributed by atoms with E-state index < -0.39 is 0 Å². The van der Waals surface area contributed by atoms with E-state index in [1.54, 1.807) is 0 Å². The molecule has 0 amide bonds. The van der Waals surface area contributed by atoms with Gasteiger partial charge in [-0.1, -0.05) is 6.07 Å². The third-order valence-electron chi connectivity index (χ3n) is 4.89. The topological polar surface area (TPSA) is 58.1 Å². The fourth-order valence-corrected chi connectivity index (χ4v) is 3.56. The van der Waals surface area contributed by atoms with Gasteiger partial charge < -0.3 is 25.0 Å². The van der Waals surface area contributed by atoms with Crippen LogP contribution < -0.4 is 20.1 Å². The Morgan fingerprint density at radius 1 is 1.14 bits per heavy atom. The summed E-state index contributed by atoms with van der Waals surface area (Å²) in [5, 5.41) is 6.82. The normalized spacial score (nSPS) is 17.4. The van der Waals surface area contributed by atoms with Gasteiger partial charge in [-0.3, -0.25) is 4.99 Å². The van der Waals surface area contributed by atoms with E-state index in [-0.39, 0.29) is 24.0 Å². The summed E-state index contributed by atoms with van der Waals surface area (Å²) in [4.78, 5) is 7.22.